The summed E-state index contributed by atoms with van der Waals surface area (Å²) in [5, 5.41) is 2.69. The minimum Gasteiger partial charge on any atom is -0.489 e. The topological polar surface area (TPSA) is 41.6 Å². The van der Waals surface area contributed by atoms with Crippen LogP contribution in [0.4, 0.5) is 8.78 Å². The number of benzene rings is 2. The molecule has 1 atom stereocenters. The van der Waals surface area contributed by atoms with Crippen LogP contribution in [-0.2, 0) is 17.3 Å². The number of hydrogen-bond donors (Lipinski definition) is 1. The first kappa shape index (κ1) is 19.5. The average Bonchev–Trinajstić information content (AvgIpc) is 3.22. The van der Waals surface area contributed by atoms with Gasteiger partial charge in [0.2, 0.25) is 0 Å². The van der Waals surface area contributed by atoms with Crippen LogP contribution in [0.15, 0.2) is 54.6 Å². The van der Waals surface area contributed by atoms with Crippen molar-refractivity contribution in [1.82, 2.24) is 10.2 Å². The first-order valence-electron chi connectivity index (χ1n) is 9.16. The van der Waals surface area contributed by atoms with Gasteiger partial charge in [0.25, 0.3) is 5.92 Å². The van der Waals surface area contributed by atoms with E-state index in [0.717, 1.165) is 31.5 Å². The van der Waals surface area contributed by atoms with Gasteiger partial charge in [0, 0.05) is 18.7 Å². The maximum atomic E-state index is 14.6. The molecule has 0 saturated carbocycles. The average molecular weight is 374 g/mol. The molecule has 4 nitrogen and oxygen atoms in total. The van der Waals surface area contributed by atoms with E-state index in [1.165, 1.54) is 12.1 Å². The van der Waals surface area contributed by atoms with E-state index in [4.69, 9.17) is 4.74 Å². The number of alkyl halides is 2. The molecule has 0 amide bonds. The van der Waals surface area contributed by atoms with E-state index in [2.05, 4.69) is 5.32 Å². The molecular weight excluding hydrogens is 350 g/mol. The molecular formula is C21H24F2N2O2. The molecule has 3 rings (SSSR count). The minimum atomic E-state index is -3.10. The Bertz CT molecular complexity index is 734. The number of nitrogens with zero attached hydrogens (tertiary/aromatic N) is 1. The first-order valence-corrected chi connectivity index (χ1v) is 9.16. The second-order valence-corrected chi connectivity index (χ2v) is 6.71. The van der Waals surface area contributed by atoms with Gasteiger partial charge < -0.3 is 9.53 Å². The molecule has 1 fully saturated rings. The fraction of sp³-hybridized carbons (Fsp3) is 0.381. The Hall–Kier alpha value is -2.31. The van der Waals surface area contributed by atoms with Crippen LogP contribution in [0.3, 0.4) is 0 Å². The van der Waals surface area contributed by atoms with Gasteiger partial charge in [-0.05, 0) is 30.5 Å². The van der Waals surface area contributed by atoms with E-state index in [1.807, 2.05) is 35.2 Å². The molecule has 0 radical (unpaired) electrons. The lowest BCUT2D eigenvalue weighted by Gasteiger charge is -2.26. The largest absolute Gasteiger partial charge is 0.489 e. The predicted octanol–water partition coefficient (Wildman–Crippen LogP) is 3.57. The predicted molar refractivity (Wildman–Crippen MR) is 99.8 cm³/mol. The SMILES string of the molecule is O=CC(NCC(F)(F)c1cccc(OCc2ccccc2)c1)N1CCCC1. The van der Waals surface area contributed by atoms with Crippen LogP contribution >= 0.6 is 0 Å². The van der Waals surface area contributed by atoms with Gasteiger partial charge >= 0.3 is 0 Å². The van der Waals surface area contributed by atoms with Crippen LogP contribution in [0.25, 0.3) is 0 Å². The molecule has 2 aromatic rings. The Balaban J connectivity index is 1.60. The fourth-order valence-corrected chi connectivity index (χ4v) is 3.17. The molecule has 1 aliphatic rings. The number of carbonyl (C=O) groups excluding carboxylic acids is 1. The Morgan fingerprint density at radius 3 is 2.56 bits per heavy atom. The Morgan fingerprint density at radius 2 is 1.85 bits per heavy atom. The summed E-state index contributed by atoms with van der Waals surface area (Å²) in [6.45, 7) is 1.22. The maximum Gasteiger partial charge on any atom is 0.285 e. The van der Waals surface area contributed by atoms with Gasteiger partial charge in [0.1, 0.15) is 18.5 Å². The van der Waals surface area contributed by atoms with Gasteiger partial charge in [0.15, 0.2) is 6.29 Å². The summed E-state index contributed by atoms with van der Waals surface area (Å²) in [6.07, 6.45) is 2.00. The highest BCUT2D eigenvalue weighted by Crippen LogP contribution is 2.30. The van der Waals surface area contributed by atoms with Crippen molar-refractivity contribution in [2.75, 3.05) is 19.6 Å². The van der Waals surface area contributed by atoms with Crippen molar-refractivity contribution < 1.29 is 18.3 Å². The molecule has 1 aliphatic heterocycles. The molecule has 27 heavy (non-hydrogen) atoms. The van der Waals surface area contributed by atoms with Crippen molar-refractivity contribution in [1.29, 1.82) is 0 Å². The van der Waals surface area contributed by atoms with Gasteiger partial charge in [-0.3, -0.25) is 10.2 Å². The lowest BCUT2D eigenvalue weighted by Crippen LogP contribution is -2.48. The van der Waals surface area contributed by atoms with E-state index in [1.54, 1.807) is 12.1 Å². The Labute approximate surface area is 158 Å². The number of nitrogens with one attached hydrogen (secondary N) is 1. The van der Waals surface area contributed by atoms with E-state index < -0.39 is 18.6 Å². The zero-order chi connectivity index (χ0) is 19.1. The van der Waals surface area contributed by atoms with E-state index in [0.29, 0.717) is 18.6 Å². The van der Waals surface area contributed by atoms with Gasteiger partial charge in [-0.1, -0.05) is 42.5 Å². The summed E-state index contributed by atoms with van der Waals surface area (Å²) in [5.74, 6) is -2.71. The normalized spacial score (nSPS) is 16.2. The molecule has 0 aromatic heterocycles. The number of hydrogen-bond acceptors (Lipinski definition) is 4. The smallest absolute Gasteiger partial charge is 0.285 e. The highest BCUT2D eigenvalue weighted by molar-refractivity contribution is 5.57. The molecule has 1 N–H and O–H groups in total. The lowest BCUT2D eigenvalue weighted by molar-refractivity contribution is -0.113. The second kappa shape index (κ2) is 9.06. The highest BCUT2D eigenvalue weighted by atomic mass is 19.3. The zero-order valence-electron chi connectivity index (χ0n) is 15.1. The molecule has 2 aromatic carbocycles. The molecule has 144 valence electrons. The highest BCUT2D eigenvalue weighted by Gasteiger charge is 2.33. The van der Waals surface area contributed by atoms with Gasteiger partial charge in [-0.25, -0.2) is 0 Å². The van der Waals surface area contributed by atoms with E-state index in [-0.39, 0.29) is 5.56 Å². The Kier molecular flexibility index (Phi) is 6.53. The number of halogens is 2. The number of aldehydes is 1. The van der Waals surface area contributed by atoms with Gasteiger partial charge in [-0.15, -0.1) is 0 Å². The van der Waals surface area contributed by atoms with E-state index >= 15 is 0 Å². The first-order chi connectivity index (χ1) is 13.1. The second-order valence-electron chi connectivity index (χ2n) is 6.71. The zero-order valence-corrected chi connectivity index (χ0v) is 15.1. The third kappa shape index (κ3) is 5.34. The molecule has 0 bridgehead atoms. The minimum absolute atomic E-state index is 0.133. The third-order valence-electron chi connectivity index (χ3n) is 4.70. The summed E-state index contributed by atoms with van der Waals surface area (Å²) >= 11 is 0. The van der Waals surface area contributed by atoms with Crippen molar-refractivity contribution >= 4 is 6.29 Å². The summed E-state index contributed by atoms with van der Waals surface area (Å²) in [5.41, 5.74) is 0.836. The molecule has 0 spiro atoms. The number of ether oxygens (including phenoxy) is 1. The van der Waals surface area contributed by atoms with Crippen LogP contribution in [0.5, 0.6) is 5.75 Å². The van der Waals surface area contributed by atoms with Crippen molar-refractivity contribution in [3.8, 4) is 5.75 Å². The third-order valence-corrected chi connectivity index (χ3v) is 4.70. The maximum absolute atomic E-state index is 14.6. The lowest BCUT2D eigenvalue weighted by atomic mass is 10.1. The van der Waals surface area contributed by atoms with Crippen molar-refractivity contribution in [3.63, 3.8) is 0 Å². The standard InChI is InChI=1S/C21H24F2N2O2/c22-21(23,16-24-20(14-26)25-11-4-5-12-25)18-9-6-10-19(13-18)27-15-17-7-2-1-3-8-17/h1-3,6-10,13-14,20,24H,4-5,11-12,15-16H2. The number of rotatable bonds is 9. The quantitative estimate of drug-likeness (QED) is 0.682. The van der Waals surface area contributed by atoms with Crippen molar-refractivity contribution in [3.05, 3.63) is 65.7 Å². The molecule has 0 aliphatic carbocycles. The van der Waals surface area contributed by atoms with Crippen LogP contribution in [0, 0.1) is 0 Å². The van der Waals surface area contributed by atoms with Gasteiger partial charge in [0.05, 0.1) is 6.54 Å². The monoisotopic (exact) mass is 374 g/mol. The van der Waals surface area contributed by atoms with Crippen LogP contribution in [0.1, 0.15) is 24.0 Å². The Morgan fingerprint density at radius 1 is 1.11 bits per heavy atom. The fourth-order valence-electron chi connectivity index (χ4n) is 3.17. The van der Waals surface area contributed by atoms with Gasteiger partial charge in [-0.2, -0.15) is 8.78 Å². The molecule has 1 saturated heterocycles. The number of likely N-dealkylation sites (tertiary alicyclic amines) is 1. The number of carbonyl (C=O) groups is 1. The van der Waals surface area contributed by atoms with Crippen molar-refractivity contribution in [2.45, 2.75) is 31.5 Å². The summed E-state index contributed by atoms with van der Waals surface area (Å²) < 4.78 is 34.9. The molecule has 1 heterocycles. The molecule has 6 heteroatoms. The van der Waals surface area contributed by atoms with Crippen LogP contribution < -0.4 is 10.1 Å². The molecule has 1 unspecified atom stereocenters. The van der Waals surface area contributed by atoms with Crippen LogP contribution in [-0.4, -0.2) is 37.0 Å². The summed E-state index contributed by atoms with van der Waals surface area (Å²) in [7, 11) is 0. The summed E-state index contributed by atoms with van der Waals surface area (Å²) in [6, 6.07) is 15.5. The van der Waals surface area contributed by atoms with E-state index in [9.17, 15) is 13.6 Å². The summed E-state index contributed by atoms with van der Waals surface area (Å²) in [4.78, 5) is 13.1. The van der Waals surface area contributed by atoms with Crippen molar-refractivity contribution in [2.24, 2.45) is 0 Å². The van der Waals surface area contributed by atoms with Crippen LogP contribution in [0.2, 0.25) is 0 Å².